The standard InChI is InChI=1S/C20H21N7O/c1-26(2)19-15-7-9-27(20(28)14-5-6-17(21)23-11-14)12-16(15)24-18(25-19)13-4-3-8-22-10-13/h3-6,8,10-11H,7,9,12H2,1-2H3,(H2,21,23). The lowest BCUT2D eigenvalue weighted by Crippen LogP contribution is -2.37. The number of nitrogens with zero attached hydrogens (tertiary/aromatic N) is 6. The van der Waals surface area contributed by atoms with Crippen molar-refractivity contribution in [3.05, 3.63) is 59.7 Å². The van der Waals surface area contributed by atoms with E-state index >= 15 is 0 Å². The van der Waals surface area contributed by atoms with Crippen LogP contribution in [0.25, 0.3) is 11.4 Å². The average Bonchev–Trinajstić information content (AvgIpc) is 2.73. The maximum Gasteiger partial charge on any atom is 0.255 e. The third kappa shape index (κ3) is 3.36. The summed E-state index contributed by atoms with van der Waals surface area (Å²) in [5.41, 5.74) is 8.93. The molecule has 142 valence electrons. The number of nitrogen functional groups attached to an aromatic ring is 1. The van der Waals surface area contributed by atoms with Crippen LogP contribution in [0.15, 0.2) is 42.9 Å². The van der Waals surface area contributed by atoms with Crippen LogP contribution >= 0.6 is 0 Å². The fourth-order valence-corrected chi connectivity index (χ4v) is 3.29. The van der Waals surface area contributed by atoms with Crippen molar-refractivity contribution >= 4 is 17.5 Å². The van der Waals surface area contributed by atoms with E-state index in [0.717, 1.165) is 22.6 Å². The van der Waals surface area contributed by atoms with Crippen molar-refractivity contribution in [2.45, 2.75) is 13.0 Å². The van der Waals surface area contributed by atoms with Crippen LogP contribution in [0, 0.1) is 0 Å². The van der Waals surface area contributed by atoms with Gasteiger partial charge < -0.3 is 15.5 Å². The van der Waals surface area contributed by atoms with Crippen LogP contribution in [0.3, 0.4) is 0 Å². The Morgan fingerprint density at radius 2 is 2.04 bits per heavy atom. The first kappa shape index (κ1) is 17.8. The minimum absolute atomic E-state index is 0.0777. The van der Waals surface area contributed by atoms with Gasteiger partial charge in [-0.3, -0.25) is 9.78 Å². The third-order valence-corrected chi connectivity index (χ3v) is 4.71. The van der Waals surface area contributed by atoms with Gasteiger partial charge in [-0.15, -0.1) is 0 Å². The van der Waals surface area contributed by atoms with Gasteiger partial charge in [0.2, 0.25) is 0 Å². The van der Waals surface area contributed by atoms with E-state index in [1.807, 2.05) is 31.1 Å². The normalized spacial score (nSPS) is 13.1. The Kier molecular flexibility index (Phi) is 4.60. The van der Waals surface area contributed by atoms with E-state index in [0.29, 0.717) is 36.7 Å². The zero-order valence-corrected chi connectivity index (χ0v) is 15.8. The lowest BCUT2D eigenvalue weighted by atomic mass is 10.0. The number of fused-ring (bicyclic) bond motifs is 1. The number of carbonyl (C=O) groups is 1. The molecule has 0 atom stereocenters. The van der Waals surface area contributed by atoms with Crippen molar-refractivity contribution in [2.75, 3.05) is 31.3 Å². The highest BCUT2D eigenvalue weighted by Crippen LogP contribution is 2.29. The molecular formula is C20H21N7O. The lowest BCUT2D eigenvalue weighted by molar-refractivity contribution is 0.0731. The summed E-state index contributed by atoms with van der Waals surface area (Å²) >= 11 is 0. The first-order valence-electron chi connectivity index (χ1n) is 9.01. The van der Waals surface area contributed by atoms with Crippen LogP contribution in [0.4, 0.5) is 11.6 Å². The Balaban J connectivity index is 1.69. The zero-order valence-electron chi connectivity index (χ0n) is 15.8. The Morgan fingerprint density at radius 1 is 1.18 bits per heavy atom. The number of pyridine rings is 2. The molecule has 0 bridgehead atoms. The molecule has 8 nitrogen and oxygen atoms in total. The molecule has 0 saturated carbocycles. The molecule has 0 saturated heterocycles. The number of carbonyl (C=O) groups excluding carboxylic acids is 1. The van der Waals surface area contributed by atoms with Crippen LogP contribution in [0.1, 0.15) is 21.6 Å². The van der Waals surface area contributed by atoms with E-state index in [1.54, 1.807) is 29.4 Å². The summed E-state index contributed by atoms with van der Waals surface area (Å²) in [6.07, 6.45) is 5.67. The van der Waals surface area contributed by atoms with Gasteiger partial charge in [-0.25, -0.2) is 15.0 Å². The molecule has 1 aliphatic rings. The van der Waals surface area contributed by atoms with Crippen LogP contribution in [0.5, 0.6) is 0 Å². The van der Waals surface area contributed by atoms with Crippen LogP contribution < -0.4 is 10.6 Å². The van der Waals surface area contributed by atoms with Crippen molar-refractivity contribution in [3.63, 3.8) is 0 Å². The van der Waals surface area contributed by atoms with E-state index in [-0.39, 0.29) is 5.91 Å². The topological polar surface area (TPSA) is 101 Å². The van der Waals surface area contributed by atoms with Gasteiger partial charge in [0.25, 0.3) is 5.91 Å². The smallest absolute Gasteiger partial charge is 0.255 e. The molecule has 28 heavy (non-hydrogen) atoms. The highest BCUT2D eigenvalue weighted by Gasteiger charge is 2.27. The van der Waals surface area contributed by atoms with E-state index in [1.165, 1.54) is 6.20 Å². The number of aromatic nitrogens is 4. The first-order valence-corrected chi connectivity index (χ1v) is 9.01. The van der Waals surface area contributed by atoms with Crippen molar-refractivity contribution in [1.82, 2.24) is 24.8 Å². The largest absolute Gasteiger partial charge is 0.384 e. The van der Waals surface area contributed by atoms with E-state index in [2.05, 4.69) is 9.97 Å². The molecule has 0 unspecified atom stereocenters. The Morgan fingerprint density at radius 3 is 2.71 bits per heavy atom. The molecule has 0 spiro atoms. The molecule has 1 aliphatic heterocycles. The molecule has 2 N–H and O–H groups in total. The summed E-state index contributed by atoms with van der Waals surface area (Å²) in [5.74, 6) is 1.81. The summed E-state index contributed by atoms with van der Waals surface area (Å²) in [4.78, 5) is 34.3. The first-order chi connectivity index (χ1) is 13.5. The molecule has 0 aliphatic carbocycles. The second-order valence-electron chi connectivity index (χ2n) is 6.88. The van der Waals surface area contributed by atoms with Gasteiger partial charge in [0.05, 0.1) is 17.8 Å². The monoisotopic (exact) mass is 375 g/mol. The van der Waals surface area contributed by atoms with Gasteiger partial charge in [-0.1, -0.05) is 0 Å². The molecule has 4 rings (SSSR count). The number of hydrogen-bond donors (Lipinski definition) is 1. The highest BCUT2D eigenvalue weighted by molar-refractivity contribution is 5.94. The fraction of sp³-hybridized carbons (Fsp3) is 0.250. The molecule has 0 fully saturated rings. The quantitative estimate of drug-likeness (QED) is 0.744. The molecule has 0 aromatic carbocycles. The molecule has 3 aromatic rings. The lowest BCUT2D eigenvalue weighted by Gasteiger charge is -2.30. The van der Waals surface area contributed by atoms with Crippen molar-refractivity contribution < 1.29 is 4.79 Å². The highest BCUT2D eigenvalue weighted by atomic mass is 16.2. The summed E-state index contributed by atoms with van der Waals surface area (Å²) < 4.78 is 0. The predicted octanol–water partition coefficient (Wildman–Crippen LogP) is 1.78. The van der Waals surface area contributed by atoms with Crippen LogP contribution in [-0.4, -0.2) is 51.4 Å². The Labute approximate surface area is 163 Å². The van der Waals surface area contributed by atoms with Gasteiger partial charge in [-0.05, 0) is 30.7 Å². The van der Waals surface area contributed by atoms with Gasteiger partial charge in [0.15, 0.2) is 5.82 Å². The summed E-state index contributed by atoms with van der Waals surface area (Å²) in [5, 5.41) is 0. The molecule has 4 heterocycles. The summed E-state index contributed by atoms with van der Waals surface area (Å²) in [6, 6.07) is 7.13. The molecular weight excluding hydrogens is 354 g/mol. The van der Waals surface area contributed by atoms with Crippen molar-refractivity contribution in [1.29, 1.82) is 0 Å². The second kappa shape index (κ2) is 7.22. The van der Waals surface area contributed by atoms with Crippen molar-refractivity contribution in [2.24, 2.45) is 0 Å². The van der Waals surface area contributed by atoms with E-state index in [9.17, 15) is 4.79 Å². The molecule has 8 heteroatoms. The van der Waals surface area contributed by atoms with Gasteiger partial charge in [-0.2, -0.15) is 0 Å². The predicted molar refractivity (Wildman–Crippen MR) is 107 cm³/mol. The third-order valence-electron chi connectivity index (χ3n) is 4.71. The minimum atomic E-state index is -0.0777. The minimum Gasteiger partial charge on any atom is -0.384 e. The van der Waals surface area contributed by atoms with Gasteiger partial charge in [0, 0.05) is 50.4 Å². The number of amides is 1. The van der Waals surface area contributed by atoms with Crippen LogP contribution in [0.2, 0.25) is 0 Å². The number of rotatable bonds is 3. The molecule has 1 amide bonds. The molecule has 0 radical (unpaired) electrons. The zero-order chi connectivity index (χ0) is 19.7. The van der Waals surface area contributed by atoms with Gasteiger partial charge in [0.1, 0.15) is 11.6 Å². The van der Waals surface area contributed by atoms with Crippen molar-refractivity contribution in [3.8, 4) is 11.4 Å². The molecule has 3 aromatic heterocycles. The SMILES string of the molecule is CN(C)c1nc(-c2cccnc2)nc2c1CCN(C(=O)c1ccc(N)nc1)C2. The average molecular weight is 375 g/mol. The van der Waals surface area contributed by atoms with Crippen LogP contribution in [-0.2, 0) is 13.0 Å². The Hall–Kier alpha value is -3.55. The number of hydrogen-bond acceptors (Lipinski definition) is 7. The fourth-order valence-electron chi connectivity index (χ4n) is 3.29. The van der Waals surface area contributed by atoms with Gasteiger partial charge >= 0.3 is 0 Å². The number of anilines is 2. The maximum atomic E-state index is 12.9. The summed E-state index contributed by atoms with van der Waals surface area (Å²) in [7, 11) is 3.93. The van der Waals surface area contributed by atoms with E-state index < -0.39 is 0 Å². The van der Waals surface area contributed by atoms with E-state index in [4.69, 9.17) is 15.7 Å². The Bertz CT molecular complexity index is 1000. The maximum absolute atomic E-state index is 12.9. The summed E-state index contributed by atoms with van der Waals surface area (Å²) in [6.45, 7) is 1.03. The second-order valence-corrected chi connectivity index (χ2v) is 6.88. The number of nitrogens with two attached hydrogens (primary N) is 1.